The molecule has 13 heteroatoms. The number of hydrogen-bond donors (Lipinski definition) is 6. The van der Waals surface area contributed by atoms with Crippen LogP contribution in [0.5, 0.6) is 0 Å². The van der Waals surface area contributed by atoms with Crippen molar-refractivity contribution in [2.24, 2.45) is 0 Å². The third-order valence-electron chi connectivity index (χ3n) is 1.01. The van der Waals surface area contributed by atoms with Gasteiger partial charge in [0.1, 0.15) is 11.5 Å². The second kappa shape index (κ2) is 7.36. The van der Waals surface area contributed by atoms with E-state index in [-0.39, 0.29) is 22.5 Å². The van der Waals surface area contributed by atoms with Gasteiger partial charge in [0.15, 0.2) is 0 Å². The summed E-state index contributed by atoms with van der Waals surface area (Å²) in [6, 6.07) is 0. The number of nitrogens with two attached hydrogens (primary N) is 2. The highest BCUT2D eigenvalue weighted by molar-refractivity contribution is 7.79. The summed E-state index contributed by atoms with van der Waals surface area (Å²) in [4.78, 5) is 25.0. The maximum atomic E-state index is 10.6. The van der Waals surface area contributed by atoms with Gasteiger partial charge < -0.3 is 22.4 Å². The Bertz CT molecular complexity index is 535. The Kier molecular flexibility index (Phi) is 8.87. The zero-order chi connectivity index (χ0) is 12.2. The number of hydrogen-bond acceptors (Lipinski definition) is 6. The lowest BCUT2D eigenvalue weighted by Crippen LogP contribution is -2.26. The van der Waals surface area contributed by atoms with E-state index in [1.807, 2.05) is 4.98 Å². The molecule has 0 radical (unpaired) electrons. The molecular formula is C4H12N4O8S. The molecule has 1 rings (SSSR count). The molecular weight excluding hydrogens is 264 g/mol. The van der Waals surface area contributed by atoms with Gasteiger partial charge in [-0.1, -0.05) is 0 Å². The van der Waals surface area contributed by atoms with Gasteiger partial charge in [-0.15, -0.1) is 0 Å². The SMILES string of the molecule is Nc1[nH]c(=O)[nH]c(=O)c1N.O.O.O=S(=O)(O)O. The zero-order valence-electron chi connectivity index (χ0n) is 8.09. The van der Waals surface area contributed by atoms with Crippen molar-refractivity contribution in [1.29, 1.82) is 0 Å². The molecule has 1 heterocycles. The molecule has 0 aliphatic heterocycles. The highest BCUT2D eigenvalue weighted by atomic mass is 32.3. The lowest BCUT2D eigenvalue weighted by Gasteiger charge is -1.93. The molecule has 0 aromatic carbocycles. The van der Waals surface area contributed by atoms with Crippen molar-refractivity contribution in [3.8, 4) is 0 Å². The summed E-state index contributed by atoms with van der Waals surface area (Å²) in [6.07, 6.45) is 0. The van der Waals surface area contributed by atoms with Crippen molar-refractivity contribution >= 4 is 21.9 Å². The van der Waals surface area contributed by atoms with Gasteiger partial charge in [-0.2, -0.15) is 8.42 Å². The average Bonchev–Trinajstić information content (AvgIpc) is 1.96. The van der Waals surface area contributed by atoms with Gasteiger partial charge in [0.2, 0.25) is 0 Å². The molecule has 0 saturated heterocycles. The van der Waals surface area contributed by atoms with Crippen molar-refractivity contribution in [1.82, 2.24) is 9.97 Å². The topological polar surface area (TPSA) is 255 Å². The number of rotatable bonds is 0. The third-order valence-corrected chi connectivity index (χ3v) is 1.01. The number of H-pyrrole nitrogens is 2. The smallest absolute Gasteiger partial charge is 0.394 e. The van der Waals surface area contributed by atoms with Crippen LogP contribution in [0.2, 0.25) is 0 Å². The van der Waals surface area contributed by atoms with E-state index in [0.29, 0.717) is 0 Å². The molecule has 0 bridgehead atoms. The van der Waals surface area contributed by atoms with Crippen LogP contribution in [-0.4, -0.2) is 38.4 Å². The Labute approximate surface area is 93.5 Å². The number of nitrogen functional groups attached to an aromatic ring is 2. The van der Waals surface area contributed by atoms with Gasteiger partial charge in [-0.05, 0) is 0 Å². The second-order valence-corrected chi connectivity index (χ2v) is 3.08. The highest BCUT2D eigenvalue weighted by Gasteiger charge is 1.98. The van der Waals surface area contributed by atoms with Crippen LogP contribution in [0.25, 0.3) is 0 Å². The first kappa shape index (κ1) is 20.5. The van der Waals surface area contributed by atoms with E-state index < -0.39 is 21.6 Å². The van der Waals surface area contributed by atoms with E-state index in [0.717, 1.165) is 0 Å². The minimum Gasteiger partial charge on any atom is -0.412 e. The molecule has 0 fully saturated rings. The lowest BCUT2D eigenvalue weighted by molar-refractivity contribution is 0.381. The van der Waals surface area contributed by atoms with E-state index in [1.165, 1.54) is 0 Å². The monoisotopic (exact) mass is 276 g/mol. The number of anilines is 2. The minimum absolute atomic E-state index is 0. The second-order valence-electron chi connectivity index (χ2n) is 2.18. The fourth-order valence-corrected chi connectivity index (χ4v) is 0.514. The van der Waals surface area contributed by atoms with Crippen LogP contribution in [-0.2, 0) is 10.4 Å². The molecule has 17 heavy (non-hydrogen) atoms. The first-order chi connectivity index (χ1) is 6.61. The van der Waals surface area contributed by atoms with Crippen LogP contribution in [0.1, 0.15) is 0 Å². The van der Waals surface area contributed by atoms with Crippen LogP contribution in [0.4, 0.5) is 11.5 Å². The summed E-state index contributed by atoms with van der Waals surface area (Å²) in [6.45, 7) is 0. The molecule has 0 atom stereocenters. The van der Waals surface area contributed by atoms with Crippen molar-refractivity contribution < 1.29 is 28.5 Å². The summed E-state index contributed by atoms with van der Waals surface area (Å²) >= 11 is 0. The molecule has 0 saturated carbocycles. The fourth-order valence-electron chi connectivity index (χ4n) is 0.514. The summed E-state index contributed by atoms with van der Waals surface area (Å²) in [7, 11) is -4.67. The van der Waals surface area contributed by atoms with Crippen LogP contribution in [0, 0.1) is 0 Å². The normalized spacial score (nSPS) is 9.06. The van der Waals surface area contributed by atoms with Gasteiger partial charge in [0, 0.05) is 0 Å². The van der Waals surface area contributed by atoms with Crippen molar-refractivity contribution in [2.45, 2.75) is 0 Å². The zero-order valence-corrected chi connectivity index (χ0v) is 8.91. The Morgan fingerprint density at radius 3 is 1.65 bits per heavy atom. The molecule has 0 spiro atoms. The quantitative estimate of drug-likeness (QED) is 0.253. The van der Waals surface area contributed by atoms with Crippen molar-refractivity contribution in [2.75, 3.05) is 11.5 Å². The van der Waals surface area contributed by atoms with Gasteiger partial charge in [0.05, 0.1) is 0 Å². The molecule has 0 aliphatic carbocycles. The number of aromatic nitrogens is 2. The maximum absolute atomic E-state index is 10.6. The number of aromatic amines is 2. The average molecular weight is 276 g/mol. The number of nitrogens with one attached hydrogen (secondary N) is 2. The largest absolute Gasteiger partial charge is 0.412 e. The highest BCUT2D eigenvalue weighted by Crippen LogP contribution is 1.96. The summed E-state index contributed by atoms with van der Waals surface area (Å²) in [5.41, 5.74) is 8.74. The predicted octanol–water partition coefficient (Wildman–Crippen LogP) is -4.07. The summed E-state index contributed by atoms with van der Waals surface area (Å²) in [5, 5.41) is 0. The van der Waals surface area contributed by atoms with E-state index >= 15 is 0 Å². The van der Waals surface area contributed by atoms with Crippen LogP contribution in [0.15, 0.2) is 9.59 Å². The van der Waals surface area contributed by atoms with Crippen molar-refractivity contribution in [3.63, 3.8) is 0 Å². The minimum atomic E-state index is -4.67. The fraction of sp³-hybridized carbons (Fsp3) is 0. The molecule has 0 amide bonds. The molecule has 0 unspecified atom stereocenters. The van der Waals surface area contributed by atoms with Crippen molar-refractivity contribution in [3.05, 3.63) is 20.8 Å². The Morgan fingerprint density at radius 2 is 1.35 bits per heavy atom. The van der Waals surface area contributed by atoms with Gasteiger partial charge in [0.25, 0.3) is 5.56 Å². The Hall–Kier alpha value is -1.93. The molecule has 12 N–H and O–H groups in total. The first-order valence-electron chi connectivity index (χ1n) is 3.18. The third kappa shape index (κ3) is 10.4. The standard InChI is InChI=1S/C4H6N4O2.H2O4S.2H2O/c5-1-2(6)7-4(10)8-3(1)9;1-5(2,3)4;;/h5H2,(H4,6,7,8,9,10);(H2,1,2,3,4);2*1H2. The van der Waals surface area contributed by atoms with Gasteiger partial charge in [-0.3, -0.25) is 23.9 Å². The molecule has 1 aromatic heterocycles. The first-order valence-corrected chi connectivity index (χ1v) is 4.58. The van der Waals surface area contributed by atoms with Crippen LogP contribution >= 0.6 is 0 Å². The molecule has 0 aliphatic rings. The van der Waals surface area contributed by atoms with Crippen LogP contribution in [0.3, 0.4) is 0 Å². The van der Waals surface area contributed by atoms with Gasteiger partial charge >= 0.3 is 16.1 Å². The summed E-state index contributed by atoms with van der Waals surface area (Å²) < 4.78 is 31.6. The maximum Gasteiger partial charge on any atom is 0.394 e. The molecule has 12 nitrogen and oxygen atoms in total. The Balaban J connectivity index is -0.000000247. The van der Waals surface area contributed by atoms with E-state index in [9.17, 15) is 9.59 Å². The molecule has 102 valence electrons. The molecule has 1 aromatic rings. The predicted molar refractivity (Wildman–Crippen MR) is 57.9 cm³/mol. The lowest BCUT2D eigenvalue weighted by atomic mass is 10.5. The summed E-state index contributed by atoms with van der Waals surface area (Å²) in [5.74, 6) is -0.103. The van der Waals surface area contributed by atoms with Crippen LogP contribution < -0.4 is 22.7 Å². The van der Waals surface area contributed by atoms with E-state index in [2.05, 4.69) is 4.98 Å². The van der Waals surface area contributed by atoms with E-state index in [1.54, 1.807) is 0 Å². The van der Waals surface area contributed by atoms with Gasteiger partial charge in [-0.25, -0.2) is 4.79 Å². The van der Waals surface area contributed by atoms with E-state index in [4.69, 9.17) is 29.0 Å². The Morgan fingerprint density at radius 1 is 1.00 bits per heavy atom.